The van der Waals surface area contributed by atoms with Crippen LogP contribution >= 0.6 is 37.2 Å². The van der Waals surface area contributed by atoms with Crippen LogP contribution in [0.25, 0.3) is 0 Å². The van der Waals surface area contributed by atoms with Gasteiger partial charge in [0.05, 0.1) is 5.69 Å². The van der Waals surface area contributed by atoms with Gasteiger partial charge in [0, 0.05) is 36.7 Å². The third-order valence-corrected chi connectivity index (χ3v) is 10.6. The second-order valence-corrected chi connectivity index (χ2v) is 13.5. The molecule has 0 bridgehead atoms. The molecule has 2 aliphatic heterocycles. The Morgan fingerprint density at radius 1 is 1.00 bits per heavy atom. The lowest BCUT2D eigenvalue weighted by molar-refractivity contribution is -0.145. The van der Waals surface area contributed by atoms with Gasteiger partial charge in [-0.25, -0.2) is 4.39 Å². The highest BCUT2D eigenvalue weighted by Gasteiger charge is 2.45. The summed E-state index contributed by atoms with van der Waals surface area (Å²) in [6.07, 6.45) is 6.12. The van der Waals surface area contributed by atoms with Crippen molar-refractivity contribution in [2.75, 3.05) is 26.7 Å². The summed E-state index contributed by atoms with van der Waals surface area (Å²) < 4.78 is 16.6. The van der Waals surface area contributed by atoms with Crippen LogP contribution in [-0.2, 0) is 23.2 Å². The number of rotatable bonds is 9. The Bertz CT molecular complexity index is 1400. The van der Waals surface area contributed by atoms with Gasteiger partial charge in [0.15, 0.2) is 0 Å². The van der Waals surface area contributed by atoms with E-state index in [9.17, 15) is 14.3 Å². The van der Waals surface area contributed by atoms with Crippen molar-refractivity contribution in [3.63, 3.8) is 0 Å². The highest BCUT2D eigenvalue weighted by Crippen LogP contribution is 2.46. The molecule has 3 unspecified atom stereocenters. The zero-order valence-electron chi connectivity index (χ0n) is 26.5. The minimum atomic E-state index is -0.762. The smallest absolute Gasteiger partial charge is 0.321 e. The lowest BCUT2D eigenvalue weighted by Gasteiger charge is -2.40. The molecule has 6 rings (SSSR count). The van der Waals surface area contributed by atoms with Gasteiger partial charge < -0.3 is 10.0 Å². The van der Waals surface area contributed by atoms with Crippen LogP contribution in [0.4, 0.5) is 4.39 Å². The number of likely N-dealkylation sites (N-methyl/N-ethyl adjacent to an activating group) is 1. The Balaban J connectivity index is 0.00000184. The number of fused-ring (bicyclic) bond motifs is 2. The van der Waals surface area contributed by atoms with E-state index in [1.807, 2.05) is 27.0 Å². The Hall–Kier alpha value is -2.16. The van der Waals surface area contributed by atoms with E-state index in [1.54, 1.807) is 6.07 Å². The van der Waals surface area contributed by atoms with Gasteiger partial charge in [-0.15, -0.1) is 37.2 Å². The molecule has 1 N–H and O–H groups in total. The van der Waals surface area contributed by atoms with E-state index >= 15 is 0 Å². The molecule has 6 nitrogen and oxygen atoms in total. The first kappa shape index (κ1) is 37.3. The van der Waals surface area contributed by atoms with Crippen molar-refractivity contribution in [2.45, 2.75) is 82.3 Å². The fourth-order valence-electron chi connectivity index (χ4n) is 8.34. The van der Waals surface area contributed by atoms with Gasteiger partial charge in [0.1, 0.15) is 11.9 Å². The number of carboxylic acid groups (broad SMARTS) is 1. The minimum Gasteiger partial charge on any atom is -0.480 e. The summed E-state index contributed by atoms with van der Waals surface area (Å²) in [6.45, 7) is 8.04. The molecule has 2 fully saturated rings. The van der Waals surface area contributed by atoms with Crippen molar-refractivity contribution >= 4 is 43.2 Å². The number of carboxylic acids is 1. The van der Waals surface area contributed by atoms with Gasteiger partial charge >= 0.3 is 5.97 Å². The zero-order valence-corrected chi connectivity index (χ0v) is 28.9. The second-order valence-electron chi connectivity index (χ2n) is 13.5. The Morgan fingerprint density at radius 2 is 1.69 bits per heavy atom. The highest BCUT2D eigenvalue weighted by atomic mass is 35.5. The van der Waals surface area contributed by atoms with Crippen molar-refractivity contribution in [3.05, 3.63) is 89.0 Å². The number of aryl methyl sites for hydroxylation is 1. The van der Waals surface area contributed by atoms with Crippen molar-refractivity contribution < 1.29 is 14.3 Å². The minimum absolute atomic E-state index is 0. The van der Waals surface area contributed by atoms with Gasteiger partial charge in [0.2, 0.25) is 0 Å². The van der Waals surface area contributed by atoms with Crippen molar-refractivity contribution in [2.24, 2.45) is 11.8 Å². The monoisotopic (exact) mass is 680 g/mol. The van der Waals surface area contributed by atoms with Gasteiger partial charge in [-0.1, -0.05) is 56.3 Å². The SMILES string of the molecule is CC(C)[C@H](C(=O)O)N(C)C1CC(CN2CCC3(CC2)CCn2nc(Cc4ccccc4)cc23)C(c2cccc(F)c2)C1.Cl.Cl.Cl. The quantitative estimate of drug-likeness (QED) is 0.259. The van der Waals surface area contributed by atoms with Crippen molar-refractivity contribution in [3.8, 4) is 0 Å². The number of piperidine rings is 1. The fourth-order valence-corrected chi connectivity index (χ4v) is 8.34. The second kappa shape index (κ2) is 15.6. The molecule has 248 valence electrons. The molecule has 1 saturated carbocycles. The standard InChI is InChI=1S/C35H45FN4O2.3ClH/c1-24(2)33(34(41)42)38(3)30-20-27(31(22-30)26-10-7-11-28(36)19-26)23-39-15-12-35(13-16-39)14-17-40-32(35)21-29(37-40)18-25-8-5-4-6-9-25;;;/h4-11,19,21,24,27,30-31,33H,12-18,20,22-23H2,1-3H3,(H,41,42);3*1H/t27?,30?,31?,33-;;;/m1.../s1. The largest absolute Gasteiger partial charge is 0.480 e. The lowest BCUT2D eigenvalue weighted by Crippen LogP contribution is -2.47. The van der Waals surface area contributed by atoms with Crippen LogP contribution < -0.4 is 0 Å². The molecule has 10 heteroatoms. The van der Waals surface area contributed by atoms with Gasteiger partial charge in [-0.3, -0.25) is 14.4 Å². The Kier molecular flexibility index (Phi) is 12.9. The molecule has 3 aromatic rings. The molecule has 0 amide bonds. The third kappa shape index (κ3) is 7.87. The molecular weight excluding hydrogens is 634 g/mol. The van der Waals surface area contributed by atoms with Crippen LogP contribution in [0.1, 0.15) is 74.4 Å². The summed E-state index contributed by atoms with van der Waals surface area (Å²) in [4.78, 5) is 16.8. The van der Waals surface area contributed by atoms with E-state index in [-0.39, 0.29) is 66.3 Å². The molecule has 1 saturated heterocycles. The first-order valence-corrected chi connectivity index (χ1v) is 15.8. The molecular formula is C35H48Cl3FN4O2. The zero-order chi connectivity index (χ0) is 29.4. The van der Waals surface area contributed by atoms with E-state index in [1.165, 1.54) is 23.7 Å². The summed E-state index contributed by atoms with van der Waals surface area (Å²) in [5.41, 5.74) is 5.14. The maximum Gasteiger partial charge on any atom is 0.321 e. The van der Waals surface area contributed by atoms with E-state index in [2.05, 4.69) is 56.9 Å². The predicted octanol–water partition coefficient (Wildman–Crippen LogP) is 7.22. The van der Waals surface area contributed by atoms with Crippen LogP contribution in [0, 0.1) is 17.7 Å². The van der Waals surface area contributed by atoms with Gasteiger partial charge in [-0.05, 0) is 99.3 Å². The number of hydrogen-bond donors (Lipinski definition) is 1. The number of likely N-dealkylation sites (tertiary alicyclic amines) is 1. The number of hydrogen-bond acceptors (Lipinski definition) is 4. The van der Waals surface area contributed by atoms with E-state index in [4.69, 9.17) is 5.10 Å². The summed E-state index contributed by atoms with van der Waals surface area (Å²) >= 11 is 0. The number of aliphatic carboxylic acids is 1. The number of benzene rings is 2. The fraction of sp³-hybridized carbons (Fsp3) is 0.543. The van der Waals surface area contributed by atoms with Crippen LogP contribution in [-0.4, -0.2) is 69.4 Å². The molecule has 4 atom stereocenters. The topological polar surface area (TPSA) is 61.6 Å². The number of halogens is 4. The number of nitrogens with zero attached hydrogens (tertiary/aromatic N) is 4. The average molecular weight is 682 g/mol. The van der Waals surface area contributed by atoms with E-state index in [0.29, 0.717) is 5.92 Å². The highest BCUT2D eigenvalue weighted by molar-refractivity contribution is 5.86. The summed E-state index contributed by atoms with van der Waals surface area (Å²) in [7, 11) is 1.97. The molecule has 3 aliphatic rings. The summed E-state index contributed by atoms with van der Waals surface area (Å²) in [6, 6.07) is 19.7. The van der Waals surface area contributed by atoms with Gasteiger partial charge in [0.25, 0.3) is 0 Å². The van der Waals surface area contributed by atoms with Crippen molar-refractivity contribution in [1.82, 2.24) is 19.6 Å². The molecule has 1 spiro atoms. The van der Waals surface area contributed by atoms with E-state index in [0.717, 1.165) is 69.5 Å². The maximum atomic E-state index is 14.3. The lowest BCUT2D eigenvalue weighted by atomic mass is 9.74. The van der Waals surface area contributed by atoms with Gasteiger partial charge in [-0.2, -0.15) is 5.10 Å². The maximum absolute atomic E-state index is 14.3. The molecule has 3 heterocycles. The summed E-state index contributed by atoms with van der Waals surface area (Å²) in [5.74, 6) is -0.355. The van der Waals surface area contributed by atoms with Crippen molar-refractivity contribution in [1.29, 1.82) is 0 Å². The van der Waals surface area contributed by atoms with E-state index < -0.39 is 12.0 Å². The average Bonchev–Trinajstić information content (AvgIpc) is 3.65. The molecule has 1 aliphatic carbocycles. The normalized spacial score (nSPS) is 22.8. The molecule has 1 aromatic heterocycles. The van der Waals surface area contributed by atoms with Crippen LogP contribution in [0.3, 0.4) is 0 Å². The number of aromatic nitrogens is 2. The molecule has 2 aromatic carbocycles. The first-order valence-electron chi connectivity index (χ1n) is 15.8. The van der Waals surface area contributed by atoms with Crippen LogP contribution in [0.2, 0.25) is 0 Å². The molecule has 0 radical (unpaired) electrons. The third-order valence-electron chi connectivity index (χ3n) is 10.6. The Morgan fingerprint density at radius 3 is 2.33 bits per heavy atom. The Labute approximate surface area is 286 Å². The first-order chi connectivity index (χ1) is 20.2. The number of carbonyl (C=O) groups is 1. The summed E-state index contributed by atoms with van der Waals surface area (Å²) in [5, 5.41) is 14.9. The predicted molar refractivity (Wildman–Crippen MR) is 185 cm³/mol. The van der Waals surface area contributed by atoms with Crippen LogP contribution in [0.5, 0.6) is 0 Å². The molecule has 45 heavy (non-hydrogen) atoms. The van der Waals surface area contributed by atoms with Crippen LogP contribution in [0.15, 0.2) is 60.7 Å².